The maximum Gasteiger partial charge on any atom is 0.193 e. The minimum absolute atomic E-state index is 0.00884. The van der Waals surface area contributed by atoms with E-state index in [1.54, 1.807) is 18.2 Å². The number of benzene rings is 1. The van der Waals surface area contributed by atoms with Crippen molar-refractivity contribution in [3.63, 3.8) is 0 Å². The highest BCUT2D eigenvalue weighted by Gasteiger charge is 1.98. The zero-order valence-electron chi connectivity index (χ0n) is 5.20. The molecule has 0 heterocycles. The SMILES string of the molecule is C#CSc1ccccc1[O]. The van der Waals surface area contributed by atoms with E-state index in [1.165, 1.54) is 6.07 Å². The van der Waals surface area contributed by atoms with E-state index >= 15 is 0 Å². The quantitative estimate of drug-likeness (QED) is 0.443. The highest BCUT2D eigenvalue weighted by molar-refractivity contribution is 8.04. The van der Waals surface area contributed by atoms with Gasteiger partial charge in [0.15, 0.2) is 5.75 Å². The van der Waals surface area contributed by atoms with E-state index in [1.807, 2.05) is 0 Å². The van der Waals surface area contributed by atoms with Crippen LogP contribution in [0.2, 0.25) is 0 Å². The number of para-hydroxylation sites is 1. The smallest absolute Gasteiger partial charge is 0.193 e. The van der Waals surface area contributed by atoms with Gasteiger partial charge in [0.1, 0.15) is 0 Å². The maximum atomic E-state index is 10.9. The largest absolute Gasteiger partial charge is 0.289 e. The first-order chi connectivity index (χ1) is 4.84. The summed E-state index contributed by atoms with van der Waals surface area (Å²) in [5.41, 5.74) is 0. The van der Waals surface area contributed by atoms with Crippen molar-refractivity contribution >= 4 is 11.8 Å². The number of hydrogen-bond donors (Lipinski definition) is 0. The van der Waals surface area contributed by atoms with Gasteiger partial charge in [-0.1, -0.05) is 12.1 Å². The van der Waals surface area contributed by atoms with E-state index in [0.29, 0.717) is 4.90 Å². The van der Waals surface area contributed by atoms with Crippen LogP contribution in [-0.2, 0) is 5.11 Å². The molecule has 1 nitrogen and oxygen atoms in total. The Balaban J connectivity index is 2.94. The van der Waals surface area contributed by atoms with E-state index in [2.05, 4.69) is 5.25 Å². The first-order valence-electron chi connectivity index (χ1n) is 2.73. The van der Waals surface area contributed by atoms with Gasteiger partial charge >= 0.3 is 0 Å². The highest BCUT2D eigenvalue weighted by atomic mass is 32.2. The molecule has 0 atom stereocenters. The third-order valence-electron chi connectivity index (χ3n) is 1.02. The van der Waals surface area contributed by atoms with Crippen LogP contribution in [-0.4, -0.2) is 0 Å². The minimum atomic E-state index is -0.00884. The number of terminal acetylenes is 1. The summed E-state index contributed by atoms with van der Waals surface area (Å²) in [7, 11) is 0. The minimum Gasteiger partial charge on any atom is -0.289 e. The van der Waals surface area contributed by atoms with Crippen LogP contribution in [0, 0.1) is 11.7 Å². The second kappa shape index (κ2) is 3.19. The molecule has 49 valence electrons. The van der Waals surface area contributed by atoms with Crippen molar-refractivity contribution in [2.24, 2.45) is 0 Å². The summed E-state index contributed by atoms with van der Waals surface area (Å²) in [4.78, 5) is 0.616. The third kappa shape index (κ3) is 1.46. The van der Waals surface area contributed by atoms with Gasteiger partial charge in [0.25, 0.3) is 0 Å². The third-order valence-corrected chi connectivity index (χ3v) is 1.69. The van der Waals surface area contributed by atoms with Crippen LogP contribution in [0.3, 0.4) is 0 Å². The summed E-state index contributed by atoms with van der Waals surface area (Å²) >= 11 is 1.12. The maximum absolute atomic E-state index is 10.9. The standard InChI is InChI=1S/C8H5OS/c1-2-10-8-6-4-3-5-7(8)9/h1,3-6H. The van der Waals surface area contributed by atoms with Crippen LogP contribution in [0.4, 0.5) is 0 Å². The second-order valence-corrected chi connectivity index (χ2v) is 2.55. The summed E-state index contributed by atoms with van der Waals surface area (Å²) in [6, 6.07) is 6.70. The Labute approximate surface area is 64.1 Å². The fraction of sp³-hybridized carbons (Fsp3) is 0. The molecule has 1 rings (SSSR count). The van der Waals surface area contributed by atoms with E-state index in [0.717, 1.165) is 11.8 Å². The lowest BCUT2D eigenvalue weighted by molar-refractivity contribution is 0.344. The Kier molecular flexibility index (Phi) is 2.24. The van der Waals surface area contributed by atoms with Gasteiger partial charge in [0.2, 0.25) is 0 Å². The summed E-state index contributed by atoms with van der Waals surface area (Å²) in [5.74, 6) is -0.00884. The van der Waals surface area contributed by atoms with Crippen LogP contribution in [0.25, 0.3) is 0 Å². The molecule has 1 radical (unpaired) electrons. The molecule has 0 unspecified atom stereocenters. The Morgan fingerprint density at radius 1 is 1.40 bits per heavy atom. The molecule has 0 N–H and O–H groups in total. The molecule has 0 saturated carbocycles. The molecule has 0 fully saturated rings. The Hall–Kier alpha value is -1.07. The van der Waals surface area contributed by atoms with Crippen molar-refractivity contribution in [1.82, 2.24) is 0 Å². The molecule has 0 spiro atoms. The lowest BCUT2D eigenvalue weighted by Crippen LogP contribution is -1.67. The van der Waals surface area contributed by atoms with Gasteiger partial charge in [0.05, 0.1) is 4.90 Å². The predicted molar refractivity (Wildman–Crippen MR) is 41.3 cm³/mol. The molecule has 10 heavy (non-hydrogen) atoms. The molecule has 0 bridgehead atoms. The predicted octanol–water partition coefficient (Wildman–Crippen LogP) is 2.51. The van der Waals surface area contributed by atoms with E-state index in [9.17, 15) is 5.11 Å². The van der Waals surface area contributed by atoms with Gasteiger partial charge in [-0.15, -0.1) is 6.42 Å². The van der Waals surface area contributed by atoms with Crippen molar-refractivity contribution in [3.8, 4) is 17.4 Å². The molecule has 0 aliphatic heterocycles. The molecular weight excluding hydrogens is 144 g/mol. The van der Waals surface area contributed by atoms with E-state index < -0.39 is 0 Å². The van der Waals surface area contributed by atoms with Crippen molar-refractivity contribution in [2.45, 2.75) is 4.90 Å². The molecule has 1 aromatic carbocycles. The normalized spacial score (nSPS) is 8.70. The van der Waals surface area contributed by atoms with Gasteiger partial charge in [-0.25, -0.2) is 0 Å². The van der Waals surface area contributed by atoms with Crippen molar-refractivity contribution in [2.75, 3.05) is 0 Å². The van der Waals surface area contributed by atoms with Gasteiger partial charge in [-0.3, -0.25) is 5.11 Å². The number of hydrogen-bond acceptors (Lipinski definition) is 1. The van der Waals surface area contributed by atoms with Crippen molar-refractivity contribution < 1.29 is 5.11 Å². The Morgan fingerprint density at radius 3 is 2.70 bits per heavy atom. The van der Waals surface area contributed by atoms with Crippen LogP contribution in [0.5, 0.6) is 5.75 Å². The van der Waals surface area contributed by atoms with E-state index in [4.69, 9.17) is 6.42 Å². The fourth-order valence-corrected chi connectivity index (χ4v) is 1.04. The fourth-order valence-electron chi connectivity index (χ4n) is 0.598. The first kappa shape index (κ1) is 7.04. The zero-order chi connectivity index (χ0) is 7.40. The van der Waals surface area contributed by atoms with Crippen molar-refractivity contribution in [3.05, 3.63) is 24.3 Å². The Bertz CT molecular complexity index is 262. The molecule has 1 aromatic rings. The monoisotopic (exact) mass is 149 g/mol. The topological polar surface area (TPSA) is 19.9 Å². The number of rotatable bonds is 1. The zero-order valence-corrected chi connectivity index (χ0v) is 6.02. The molecule has 0 aliphatic carbocycles. The van der Waals surface area contributed by atoms with Gasteiger partial charge in [-0.05, 0) is 29.1 Å². The highest BCUT2D eigenvalue weighted by Crippen LogP contribution is 2.26. The molecule has 0 amide bonds. The molecule has 2 heteroatoms. The summed E-state index contributed by atoms with van der Waals surface area (Å²) in [6.45, 7) is 0. The van der Waals surface area contributed by atoms with Gasteiger partial charge < -0.3 is 0 Å². The Morgan fingerprint density at radius 2 is 2.10 bits per heavy atom. The van der Waals surface area contributed by atoms with Crippen LogP contribution < -0.4 is 0 Å². The summed E-state index contributed by atoms with van der Waals surface area (Å²) < 4.78 is 0. The van der Waals surface area contributed by atoms with Gasteiger partial charge in [0, 0.05) is 0 Å². The lowest BCUT2D eigenvalue weighted by atomic mass is 10.3. The van der Waals surface area contributed by atoms with Crippen LogP contribution >= 0.6 is 11.8 Å². The molecule has 0 aromatic heterocycles. The average molecular weight is 149 g/mol. The van der Waals surface area contributed by atoms with Gasteiger partial charge in [-0.2, -0.15) is 0 Å². The second-order valence-electron chi connectivity index (χ2n) is 1.67. The summed E-state index contributed by atoms with van der Waals surface area (Å²) in [5, 5.41) is 13.2. The lowest BCUT2D eigenvalue weighted by Gasteiger charge is -1.92. The first-order valence-corrected chi connectivity index (χ1v) is 3.54. The molecule has 0 aliphatic rings. The summed E-state index contributed by atoms with van der Waals surface area (Å²) in [6.07, 6.45) is 5.00. The van der Waals surface area contributed by atoms with Crippen LogP contribution in [0.1, 0.15) is 0 Å². The van der Waals surface area contributed by atoms with E-state index in [-0.39, 0.29) is 5.75 Å². The van der Waals surface area contributed by atoms with Crippen LogP contribution in [0.15, 0.2) is 29.2 Å². The average Bonchev–Trinajstić information content (AvgIpc) is 1.94. The number of thioether (sulfide) groups is 1. The molecular formula is C8H5OS. The molecule has 0 saturated heterocycles. The van der Waals surface area contributed by atoms with Crippen molar-refractivity contribution in [1.29, 1.82) is 0 Å².